The van der Waals surface area contributed by atoms with Crippen molar-refractivity contribution < 1.29 is 9.53 Å². The minimum Gasteiger partial charge on any atom is -0.372 e. The van der Waals surface area contributed by atoms with Crippen LogP contribution in [0.2, 0.25) is 0 Å². The van der Waals surface area contributed by atoms with E-state index >= 15 is 0 Å². The lowest BCUT2D eigenvalue weighted by Gasteiger charge is -2.40. The Morgan fingerprint density at radius 2 is 1.96 bits per heavy atom. The Kier molecular flexibility index (Phi) is 5.02. The standard InChI is InChI=1S/C17H28N4O2/c1-12-10-21(11-13(2)23-12)17(22)14(3)20-8-5-15(6-9-20)16-4-7-18-19-16/h4,7,12-15H,5-6,8-11H2,1-3H3,(H,18,19). The van der Waals surface area contributed by atoms with Crippen LogP contribution in [0.15, 0.2) is 12.3 Å². The zero-order valence-electron chi connectivity index (χ0n) is 14.4. The van der Waals surface area contributed by atoms with Gasteiger partial charge in [-0.05, 0) is 52.8 Å². The van der Waals surface area contributed by atoms with Gasteiger partial charge in [-0.25, -0.2) is 0 Å². The van der Waals surface area contributed by atoms with E-state index in [1.54, 1.807) is 0 Å². The van der Waals surface area contributed by atoms with E-state index in [-0.39, 0.29) is 24.2 Å². The Morgan fingerprint density at radius 1 is 1.30 bits per heavy atom. The van der Waals surface area contributed by atoms with Crippen molar-refractivity contribution in [3.63, 3.8) is 0 Å². The number of aromatic amines is 1. The van der Waals surface area contributed by atoms with Crippen LogP contribution in [-0.4, -0.2) is 70.3 Å². The molecule has 1 aromatic rings. The fourth-order valence-corrected chi connectivity index (χ4v) is 3.87. The first kappa shape index (κ1) is 16.5. The van der Waals surface area contributed by atoms with Crippen LogP contribution in [0.5, 0.6) is 0 Å². The summed E-state index contributed by atoms with van der Waals surface area (Å²) < 4.78 is 5.73. The molecule has 6 heteroatoms. The van der Waals surface area contributed by atoms with Crippen LogP contribution < -0.4 is 0 Å². The van der Waals surface area contributed by atoms with Crippen LogP contribution in [0.25, 0.3) is 0 Å². The second-order valence-corrected chi connectivity index (χ2v) is 7.00. The minimum absolute atomic E-state index is 0.0461. The maximum Gasteiger partial charge on any atom is 0.239 e. The molecular formula is C17H28N4O2. The summed E-state index contributed by atoms with van der Waals surface area (Å²) in [7, 11) is 0. The quantitative estimate of drug-likeness (QED) is 0.919. The van der Waals surface area contributed by atoms with Gasteiger partial charge >= 0.3 is 0 Å². The zero-order valence-corrected chi connectivity index (χ0v) is 14.4. The fourth-order valence-electron chi connectivity index (χ4n) is 3.87. The summed E-state index contributed by atoms with van der Waals surface area (Å²) in [6.07, 6.45) is 4.22. The van der Waals surface area contributed by atoms with Crippen LogP contribution >= 0.6 is 0 Å². The lowest BCUT2D eigenvalue weighted by molar-refractivity contribution is -0.148. The highest BCUT2D eigenvalue weighted by Gasteiger charge is 2.33. The van der Waals surface area contributed by atoms with Gasteiger partial charge in [0.05, 0.1) is 18.2 Å². The maximum atomic E-state index is 12.8. The first-order valence-corrected chi connectivity index (χ1v) is 8.72. The highest BCUT2D eigenvalue weighted by molar-refractivity contribution is 5.81. The molecule has 1 N–H and O–H groups in total. The largest absolute Gasteiger partial charge is 0.372 e. The molecule has 2 aliphatic rings. The molecule has 0 bridgehead atoms. The van der Waals surface area contributed by atoms with E-state index in [4.69, 9.17) is 4.74 Å². The van der Waals surface area contributed by atoms with Crippen molar-refractivity contribution >= 4 is 5.91 Å². The summed E-state index contributed by atoms with van der Waals surface area (Å²) in [5.74, 6) is 0.784. The van der Waals surface area contributed by atoms with Gasteiger partial charge in [0.2, 0.25) is 5.91 Å². The number of morpholine rings is 1. The number of rotatable bonds is 3. The third-order valence-corrected chi connectivity index (χ3v) is 5.13. The normalized spacial score (nSPS) is 28.7. The molecule has 3 unspecified atom stereocenters. The summed E-state index contributed by atoms with van der Waals surface area (Å²) in [5.41, 5.74) is 1.22. The van der Waals surface area contributed by atoms with E-state index in [2.05, 4.69) is 21.2 Å². The van der Waals surface area contributed by atoms with E-state index in [1.165, 1.54) is 5.69 Å². The van der Waals surface area contributed by atoms with E-state index in [0.29, 0.717) is 19.0 Å². The van der Waals surface area contributed by atoms with Crippen molar-refractivity contribution in [1.82, 2.24) is 20.0 Å². The Balaban J connectivity index is 1.54. The van der Waals surface area contributed by atoms with Crippen molar-refractivity contribution in [3.8, 4) is 0 Å². The van der Waals surface area contributed by atoms with Crippen molar-refractivity contribution in [1.29, 1.82) is 0 Å². The maximum absolute atomic E-state index is 12.8. The number of nitrogens with one attached hydrogen (secondary N) is 1. The number of H-pyrrole nitrogens is 1. The molecule has 2 saturated heterocycles. The van der Waals surface area contributed by atoms with Crippen LogP contribution in [-0.2, 0) is 9.53 Å². The summed E-state index contributed by atoms with van der Waals surface area (Å²) in [6, 6.07) is 2.01. The fraction of sp³-hybridized carbons (Fsp3) is 0.765. The molecule has 2 aliphatic heterocycles. The van der Waals surface area contributed by atoms with Gasteiger partial charge in [-0.2, -0.15) is 5.10 Å². The number of amides is 1. The molecule has 23 heavy (non-hydrogen) atoms. The highest BCUT2D eigenvalue weighted by Crippen LogP contribution is 2.27. The summed E-state index contributed by atoms with van der Waals surface area (Å²) in [4.78, 5) is 17.1. The number of nitrogens with zero attached hydrogens (tertiary/aromatic N) is 3. The van der Waals surface area contributed by atoms with Gasteiger partial charge in [0, 0.05) is 30.9 Å². The molecular weight excluding hydrogens is 292 g/mol. The van der Waals surface area contributed by atoms with Crippen molar-refractivity contribution in [2.75, 3.05) is 26.2 Å². The van der Waals surface area contributed by atoms with Crippen LogP contribution in [0.1, 0.15) is 45.2 Å². The van der Waals surface area contributed by atoms with Gasteiger partial charge in [0.1, 0.15) is 0 Å². The third kappa shape index (κ3) is 3.75. The highest BCUT2D eigenvalue weighted by atomic mass is 16.5. The Hall–Kier alpha value is -1.40. The van der Waals surface area contributed by atoms with Crippen LogP contribution in [0.4, 0.5) is 0 Å². The monoisotopic (exact) mass is 320 g/mol. The van der Waals surface area contributed by atoms with E-state index in [0.717, 1.165) is 25.9 Å². The Morgan fingerprint density at radius 3 is 2.52 bits per heavy atom. The molecule has 1 amide bonds. The summed E-state index contributed by atoms with van der Waals surface area (Å²) in [5, 5.41) is 7.12. The van der Waals surface area contributed by atoms with Crippen molar-refractivity contribution in [2.45, 2.75) is 57.8 Å². The lowest BCUT2D eigenvalue weighted by atomic mass is 9.93. The number of carbonyl (C=O) groups is 1. The molecule has 3 heterocycles. The van der Waals surface area contributed by atoms with Gasteiger partial charge in [-0.3, -0.25) is 14.8 Å². The van der Waals surface area contributed by atoms with E-state index < -0.39 is 0 Å². The average molecular weight is 320 g/mol. The van der Waals surface area contributed by atoms with Gasteiger partial charge in [-0.1, -0.05) is 0 Å². The molecule has 128 valence electrons. The number of hydrogen-bond donors (Lipinski definition) is 1. The predicted octanol–water partition coefficient (Wildman–Crippen LogP) is 1.61. The number of piperidine rings is 1. The average Bonchev–Trinajstić information content (AvgIpc) is 3.07. The van der Waals surface area contributed by atoms with Crippen molar-refractivity contribution in [3.05, 3.63) is 18.0 Å². The van der Waals surface area contributed by atoms with Gasteiger partial charge < -0.3 is 9.64 Å². The number of likely N-dealkylation sites (tertiary alicyclic amines) is 1. The zero-order chi connectivity index (χ0) is 16.4. The molecule has 0 aromatic carbocycles. The number of hydrogen-bond acceptors (Lipinski definition) is 4. The molecule has 2 fully saturated rings. The number of ether oxygens (including phenoxy) is 1. The number of carbonyl (C=O) groups excluding carboxylic acids is 1. The molecule has 6 nitrogen and oxygen atoms in total. The Labute approximate surface area is 138 Å². The van der Waals surface area contributed by atoms with Crippen LogP contribution in [0, 0.1) is 0 Å². The van der Waals surface area contributed by atoms with E-state index in [9.17, 15) is 4.79 Å². The molecule has 0 radical (unpaired) electrons. The summed E-state index contributed by atoms with van der Waals surface area (Å²) >= 11 is 0. The third-order valence-electron chi connectivity index (χ3n) is 5.13. The molecule has 0 aliphatic carbocycles. The smallest absolute Gasteiger partial charge is 0.239 e. The van der Waals surface area contributed by atoms with Gasteiger partial charge in [0.25, 0.3) is 0 Å². The van der Waals surface area contributed by atoms with Gasteiger partial charge in [0.15, 0.2) is 0 Å². The first-order chi connectivity index (χ1) is 11.0. The van der Waals surface area contributed by atoms with E-state index in [1.807, 2.05) is 31.9 Å². The molecule has 3 rings (SSSR count). The predicted molar refractivity (Wildman–Crippen MR) is 88.2 cm³/mol. The minimum atomic E-state index is -0.0461. The van der Waals surface area contributed by atoms with Gasteiger partial charge in [-0.15, -0.1) is 0 Å². The SMILES string of the molecule is CC1CN(C(=O)C(C)N2CCC(c3ccn[nH]3)CC2)CC(C)O1. The topological polar surface area (TPSA) is 61.5 Å². The second-order valence-electron chi connectivity index (χ2n) is 7.00. The van der Waals surface area contributed by atoms with Crippen LogP contribution in [0.3, 0.4) is 0 Å². The van der Waals surface area contributed by atoms with Crippen molar-refractivity contribution in [2.24, 2.45) is 0 Å². The molecule has 3 atom stereocenters. The lowest BCUT2D eigenvalue weighted by Crippen LogP contribution is -2.55. The summed E-state index contributed by atoms with van der Waals surface area (Å²) in [6.45, 7) is 9.46. The first-order valence-electron chi connectivity index (χ1n) is 8.72. The molecule has 0 spiro atoms. The molecule has 1 aromatic heterocycles. The number of aromatic nitrogens is 2. The second kappa shape index (κ2) is 7.01. The Bertz CT molecular complexity index is 501. The molecule has 0 saturated carbocycles.